The van der Waals surface area contributed by atoms with E-state index < -0.39 is 0 Å². The largest absolute Gasteiger partial charge is 0.354 e. The zero-order valence-corrected chi connectivity index (χ0v) is 12.9. The number of nitrogens with zero attached hydrogens (tertiary/aromatic N) is 4. The van der Waals surface area contributed by atoms with E-state index in [-0.39, 0.29) is 19.0 Å². The van der Waals surface area contributed by atoms with Gasteiger partial charge in [0.2, 0.25) is 11.9 Å². The van der Waals surface area contributed by atoms with E-state index in [4.69, 9.17) is 17.7 Å². The lowest BCUT2D eigenvalue weighted by Crippen LogP contribution is -2.22. The zero-order valence-electron chi connectivity index (χ0n) is 12.1. The Balaban J connectivity index is 0.00000400. The number of hydrogen-bond donors (Lipinski definition) is 2. The lowest BCUT2D eigenvalue weighted by molar-refractivity contribution is 0.149. The fraction of sp³-hybridized carbons (Fsp3) is 0.462. The Hall–Kier alpha value is -2.22. The van der Waals surface area contributed by atoms with Crippen LogP contribution >= 0.6 is 12.4 Å². The molecular weight excluding hydrogens is 292 g/mol. The number of halogens is 1. The monoisotopic (exact) mass is 310 g/mol. The Bertz CT molecular complexity index is 510. The summed E-state index contributed by atoms with van der Waals surface area (Å²) in [7, 11) is 1.67. The van der Waals surface area contributed by atoms with Gasteiger partial charge in [0.25, 0.3) is 5.95 Å². The van der Waals surface area contributed by atoms with E-state index in [0.29, 0.717) is 24.4 Å². The van der Waals surface area contributed by atoms with Gasteiger partial charge in [-0.2, -0.15) is 15.0 Å². The molecule has 0 fully saturated rings. The second kappa shape index (κ2) is 10.6. The summed E-state index contributed by atoms with van der Waals surface area (Å²) in [6.45, 7) is 3.26. The van der Waals surface area contributed by atoms with Crippen molar-refractivity contribution in [1.82, 2.24) is 15.0 Å². The highest BCUT2D eigenvalue weighted by Gasteiger charge is 2.10. The molecule has 1 rings (SSSR count). The van der Waals surface area contributed by atoms with Gasteiger partial charge in [0.1, 0.15) is 6.61 Å². The number of rotatable bonds is 8. The summed E-state index contributed by atoms with van der Waals surface area (Å²) in [4.78, 5) is 17.9. The van der Waals surface area contributed by atoms with Gasteiger partial charge in [0.15, 0.2) is 0 Å². The molecule has 2 N–H and O–H groups in total. The van der Waals surface area contributed by atoms with Crippen LogP contribution in [0.2, 0.25) is 0 Å². The highest BCUT2D eigenvalue weighted by atomic mass is 35.5. The minimum absolute atomic E-state index is 0. The fourth-order valence-electron chi connectivity index (χ4n) is 1.22. The van der Waals surface area contributed by atoms with Crippen molar-refractivity contribution >= 4 is 30.3 Å². The minimum Gasteiger partial charge on any atom is -0.354 e. The highest BCUT2D eigenvalue weighted by molar-refractivity contribution is 5.85. The van der Waals surface area contributed by atoms with Crippen molar-refractivity contribution in [2.24, 2.45) is 0 Å². The molecule has 21 heavy (non-hydrogen) atoms. The first-order chi connectivity index (χ1) is 9.71. The first-order valence-corrected chi connectivity index (χ1v) is 6.18. The topological polar surface area (TPSA) is 75.2 Å². The summed E-state index contributed by atoms with van der Waals surface area (Å²) in [5.41, 5.74) is 0. The van der Waals surface area contributed by atoms with Crippen molar-refractivity contribution in [3.63, 3.8) is 0 Å². The molecule has 0 saturated heterocycles. The minimum atomic E-state index is 0. The number of hydroxylamine groups is 1. The average molecular weight is 311 g/mol. The molecule has 7 nitrogen and oxygen atoms in total. The van der Waals surface area contributed by atoms with E-state index in [1.54, 1.807) is 7.05 Å². The van der Waals surface area contributed by atoms with Gasteiger partial charge >= 0.3 is 0 Å². The van der Waals surface area contributed by atoms with Gasteiger partial charge < -0.3 is 10.6 Å². The normalized spacial score (nSPS) is 8.95. The van der Waals surface area contributed by atoms with Crippen LogP contribution in [-0.4, -0.2) is 41.7 Å². The highest BCUT2D eigenvalue weighted by Crippen LogP contribution is 2.12. The lowest BCUT2D eigenvalue weighted by atomic mass is 10.5. The zero-order chi connectivity index (χ0) is 14.8. The van der Waals surface area contributed by atoms with Crippen molar-refractivity contribution < 1.29 is 4.84 Å². The van der Waals surface area contributed by atoms with Crippen LogP contribution in [0.15, 0.2) is 0 Å². The molecule has 0 aliphatic carbocycles. The third kappa shape index (κ3) is 6.66. The molecule has 0 unspecified atom stereocenters. The molecule has 0 atom stereocenters. The van der Waals surface area contributed by atoms with Gasteiger partial charge in [-0.3, -0.25) is 4.84 Å². The van der Waals surface area contributed by atoms with E-state index in [1.807, 2.05) is 0 Å². The first kappa shape index (κ1) is 18.8. The maximum Gasteiger partial charge on any atom is 0.256 e. The molecule has 1 aromatic rings. The SMILES string of the molecule is C#CCNc1nc(NCCC)nc(N(C)OCC#C)n1.Cl. The van der Waals surface area contributed by atoms with Crippen LogP contribution in [0.3, 0.4) is 0 Å². The van der Waals surface area contributed by atoms with Crippen molar-refractivity contribution in [3.05, 3.63) is 0 Å². The summed E-state index contributed by atoms with van der Waals surface area (Å²) < 4.78 is 0. The van der Waals surface area contributed by atoms with E-state index in [2.05, 4.69) is 44.4 Å². The van der Waals surface area contributed by atoms with E-state index in [0.717, 1.165) is 13.0 Å². The first-order valence-electron chi connectivity index (χ1n) is 6.18. The molecule has 1 heterocycles. The molecule has 0 bridgehead atoms. The number of terminal acetylenes is 2. The molecule has 0 amide bonds. The predicted molar refractivity (Wildman–Crippen MR) is 86.4 cm³/mol. The van der Waals surface area contributed by atoms with E-state index in [9.17, 15) is 0 Å². The fourth-order valence-corrected chi connectivity index (χ4v) is 1.22. The second-order valence-electron chi connectivity index (χ2n) is 3.74. The van der Waals surface area contributed by atoms with E-state index >= 15 is 0 Å². The van der Waals surface area contributed by atoms with Crippen LogP contribution in [-0.2, 0) is 4.84 Å². The Labute approximate surface area is 131 Å². The van der Waals surface area contributed by atoms with Gasteiger partial charge in [-0.1, -0.05) is 18.8 Å². The van der Waals surface area contributed by atoms with Gasteiger partial charge in [0, 0.05) is 13.6 Å². The van der Waals surface area contributed by atoms with Gasteiger partial charge in [0.05, 0.1) is 6.54 Å². The Morgan fingerprint density at radius 2 is 1.81 bits per heavy atom. The second-order valence-corrected chi connectivity index (χ2v) is 3.74. The van der Waals surface area contributed by atoms with Gasteiger partial charge in [-0.05, 0) is 6.42 Å². The maximum absolute atomic E-state index is 5.24. The summed E-state index contributed by atoms with van der Waals surface area (Å²) in [5, 5.41) is 7.38. The molecule has 8 heteroatoms. The Morgan fingerprint density at radius 3 is 2.38 bits per heavy atom. The van der Waals surface area contributed by atoms with Crippen LogP contribution in [0.25, 0.3) is 0 Å². The predicted octanol–water partition coefficient (Wildman–Crippen LogP) is 1.16. The Morgan fingerprint density at radius 1 is 1.14 bits per heavy atom. The maximum atomic E-state index is 5.24. The quantitative estimate of drug-likeness (QED) is 0.551. The standard InChI is InChI=1S/C13H18N6O.ClH/c1-5-8-14-11-16-12(15-9-6-2)18-13(17-11)19(4)20-10-7-3;/h1,3H,6,8-10H2,2,4H3,(H2,14,15,16,17,18);1H. The molecule has 0 radical (unpaired) electrons. The summed E-state index contributed by atoms with van der Waals surface area (Å²) in [5.74, 6) is 6.00. The molecule has 0 saturated carbocycles. The van der Waals surface area contributed by atoms with Crippen molar-refractivity contribution in [2.45, 2.75) is 13.3 Å². The van der Waals surface area contributed by atoms with Gasteiger partial charge in [-0.15, -0.1) is 25.3 Å². The summed E-state index contributed by atoms with van der Waals surface area (Å²) >= 11 is 0. The summed E-state index contributed by atoms with van der Waals surface area (Å²) in [6, 6.07) is 0. The van der Waals surface area contributed by atoms with Crippen LogP contribution in [0.5, 0.6) is 0 Å². The van der Waals surface area contributed by atoms with Crippen molar-refractivity contribution in [3.8, 4) is 24.7 Å². The molecule has 1 aromatic heterocycles. The molecule has 114 valence electrons. The van der Waals surface area contributed by atoms with Crippen molar-refractivity contribution in [2.75, 3.05) is 42.4 Å². The number of anilines is 3. The molecule has 0 spiro atoms. The number of hydrogen-bond acceptors (Lipinski definition) is 7. The third-order valence-electron chi connectivity index (χ3n) is 2.13. The smallest absolute Gasteiger partial charge is 0.256 e. The van der Waals surface area contributed by atoms with Crippen LogP contribution in [0, 0.1) is 24.7 Å². The van der Waals surface area contributed by atoms with Crippen LogP contribution in [0.1, 0.15) is 13.3 Å². The Kier molecular flexibility index (Phi) is 9.44. The van der Waals surface area contributed by atoms with Gasteiger partial charge in [-0.25, -0.2) is 5.06 Å². The number of nitrogens with one attached hydrogen (secondary N) is 2. The molecule has 0 aliphatic rings. The summed E-state index contributed by atoms with van der Waals surface area (Å²) in [6.07, 6.45) is 11.3. The number of aromatic nitrogens is 3. The van der Waals surface area contributed by atoms with Crippen molar-refractivity contribution in [1.29, 1.82) is 0 Å². The van der Waals surface area contributed by atoms with Crippen LogP contribution in [0.4, 0.5) is 17.8 Å². The molecule has 0 aromatic carbocycles. The molecule has 0 aliphatic heterocycles. The third-order valence-corrected chi connectivity index (χ3v) is 2.13. The van der Waals surface area contributed by atoms with E-state index in [1.165, 1.54) is 5.06 Å². The van der Waals surface area contributed by atoms with Crippen LogP contribution < -0.4 is 15.7 Å². The lowest BCUT2D eigenvalue weighted by Gasteiger charge is -2.16. The molecular formula is C13H19ClN6O. The average Bonchev–Trinajstić information content (AvgIpc) is 2.48.